The highest BCUT2D eigenvalue weighted by molar-refractivity contribution is 6.31. The van der Waals surface area contributed by atoms with Crippen molar-refractivity contribution >= 4 is 34.3 Å². The van der Waals surface area contributed by atoms with E-state index in [0.29, 0.717) is 28.2 Å². The van der Waals surface area contributed by atoms with Gasteiger partial charge < -0.3 is 14.5 Å². The molecule has 6 nitrogen and oxygen atoms in total. The number of amides is 1. The van der Waals surface area contributed by atoms with Gasteiger partial charge >= 0.3 is 0 Å². The lowest BCUT2D eigenvalue weighted by Gasteiger charge is -2.12. The van der Waals surface area contributed by atoms with Crippen LogP contribution in [0.25, 0.3) is 22.6 Å². The molecule has 32 heavy (non-hydrogen) atoms. The van der Waals surface area contributed by atoms with Crippen LogP contribution < -0.4 is 10.1 Å². The summed E-state index contributed by atoms with van der Waals surface area (Å²) in [5.41, 5.74) is 5.42. The molecule has 0 unspecified atom stereocenters. The van der Waals surface area contributed by atoms with Crippen LogP contribution in [-0.4, -0.2) is 17.5 Å². The summed E-state index contributed by atoms with van der Waals surface area (Å²) >= 11 is 6.25. The number of nitrogens with zero attached hydrogens (tertiary/aromatic N) is 2. The van der Waals surface area contributed by atoms with Gasteiger partial charge in [-0.2, -0.15) is 5.26 Å². The van der Waals surface area contributed by atoms with Crippen LogP contribution >= 0.6 is 11.6 Å². The van der Waals surface area contributed by atoms with E-state index in [2.05, 4.69) is 16.4 Å². The maximum atomic E-state index is 12.4. The number of fused-ring (bicyclic) bond motifs is 2. The fourth-order valence-corrected chi connectivity index (χ4v) is 4.19. The van der Waals surface area contributed by atoms with E-state index in [-0.39, 0.29) is 12.5 Å². The summed E-state index contributed by atoms with van der Waals surface area (Å²) in [5.74, 6) is 0.932. The lowest BCUT2D eigenvalue weighted by Crippen LogP contribution is -2.20. The summed E-state index contributed by atoms with van der Waals surface area (Å²) in [7, 11) is 0. The first kappa shape index (κ1) is 20.1. The van der Waals surface area contributed by atoms with E-state index in [1.807, 2.05) is 24.3 Å². The minimum atomic E-state index is -0.245. The third-order valence-electron chi connectivity index (χ3n) is 5.48. The topological polar surface area (TPSA) is 88.2 Å². The van der Waals surface area contributed by atoms with Crippen molar-refractivity contribution in [2.45, 2.75) is 19.3 Å². The van der Waals surface area contributed by atoms with E-state index >= 15 is 0 Å². The number of halogens is 1. The number of ether oxygens (including phenoxy) is 1. The molecule has 0 saturated carbocycles. The second kappa shape index (κ2) is 8.37. The Labute approximate surface area is 189 Å². The lowest BCUT2D eigenvalue weighted by atomic mass is 10.1. The number of anilines is 1. The summed E-state index contributed by atoms with van der Waals surface area (Å²) in [6, 6.07) is 18.0. The zero-order chi connectivity index (χ0) is 22.1. The second-order valence-corrected chi connectivity index (χ2v) is 7.99. The summed E-state index contributed by atoms with van der Waals surface area (Å²) in [4.78, 5) is 16.8. The van der Waals surface area contributed by atoms with Crippen LogP contribution in [0.1, 0.15) is 23.1 Å². The fraction of sp³-hybridized carbons (Fsp3) is 0.160. The van der Waals surface area contributed by atoms with Gasteiger partial charge in [0.05, 0.1) is 11.6 Å². The largest absolute Gasteiger partial charge is 0.483 e. The summed E-state index contributed by atoms with van der Waals surface area (Å²) < 4.78 is 11.5. The Balaban J connectivity index is 1.24. The molecule has 5 rings (SSSR count). The summed E-state index contributed by atoms with van der Waals surface area (Å²) in [6.07, 6.45) is 2.92. The van der Waals surface area contributed by atoms with Crippen molar-refractivity contribution in [3.05, 3.63) is 76.3 Å². The molecule has 1 aliphatic carbocycles. The molecule has 0 fully saturated rings. The quantitative estimate of drug-likeness (QED) is 0.438. The Morgan fingerprint density at radius 1 is 1.12 bits per heavy atom. The molecule has 0 bridgehead atoms. The first-order valence-corrected chi connectivity index (χ1v) is 10.6. The van der Waals surface area contributed by atoms with Crippen molar-refractivity contribution < 1.29 is 13.9 Å². The molecule has 3 aromatic carbocycles. The number of benzene rings is 3. The molecule has 0 atom stereocenters. The molecule has 0 spiro atoms. The van der Waals surface area contributed by atoms with E-state index < -0.39 is 0 Å². The van der Waals surface area contributed by atoms with E-state index in [9.17, 15) is 4.79 Å². The van der Waals surface area contributed by atoms with Crippen LogP contribution in [-0.2, 0) is 17.6 Å². The number of oxazole rings is 1. The molecule has 0 saturated heterocycles. The minimum Gasteiger partial charge on any atom is -0.483 e. The van der Waals surface area contributed by atoms with Crippen molar-refractivity contribution in [1.82, 2.24) is 4.98 Å². The van der Waals surface area contributed by atoms with Gasteiger partial charge in [0.25, 0.3) is 5.91 Å². The Bertz CT molecular complexity index is 1370. The number of rotatable bonds is 5. The van der Waals surface area contributed by atoms with Crippen LogP contribution in [0.3, 0.4) is 0 Å². The Morgan fingerprint density at radius 2 is 1.94 bits per heavy atom. The smallest absolute Gasteiger partial charge is 0.262 e. The molecule has 1 heterocycles. The van der Waals surface area contributed by atoms with Gasteiger partial charge in [-0.15, -0.1) is 0 Å². The summed E-state index contributed by atoms with van der Waals surface area (Å²) in [5, 5.41) is 12.6. The lowest BCUT2D eigenvalue weighted by molar-refractivity contribution is -0.118. The average Bonchev–Trinajstić information content (AvgIpc) is 3.46. The molecule has 0 radical (unpaired) electrons. The highest BCUT2D eigenvalue weighted by Gasteiger charge is 2.19. The molecular weight excluding hydrogens is 426 g/mol. The third kappa shape index (κ3) is 3.91. The van der Waals surface area contributed by atoms with E-state index in [0.717, 1.165) is 46.7 Å². The highest BCUT2D eigenvalue weighted by atomic mass is 35.5. The second-order valence-electron chi connectivity index (χ2n) is 7.58. The molecule has 4 aromatic rings. The number of carbonyl (C=O) groups is 1. The maximum absolute atomic E-state index is 12.4. The van der Waals surface area contributed by atoms with Crippen LogP contribution in [0.5, 0.6) is 5.75 Å². The van der Waals surface area contributed by atoms with Gasteiger partial charge in [-0.05, 0) is 85.0 Å². The molecule has 0 aliphatic heterocycles. The Kier molecular flexibility index (Phi) is 5.26. The van der Waals surface area contributed by atoms with E-state index in [1.54, 1.807) is 30.3 Å². The van der Waals surface area contributed by atoms with Crippen LogP contribution in [0.4, 0.5) is 5.69 Å². The first-order chi connectivity index (χ1) is 15.6. The Hall–Kier alpha value is -3.82. The fourth-order valence-electron chi connectivity index (χ4n) is 3.92. The normalized spacial score (nSPS) is 12.4. The van der Waals surface area contributed by atoms with Gasteiger partial charge in [0.1, 0.15) is 11.3 Å². The Morgan fingerprint density at radius 3 is 2.75 bits per heavy atom. The zero-order valence-electron chi connectivity index (χ0n) is 17.0. The van der Waals surface area contributed by atoms with Crippen molar-refractivity contribution in [3.63, 3.8) is 0 Å². The average molecular weight is 444 g/mol. The van der Waals surface area contributed by atoms with Crippen LogP contribution in [0.2, 0.25) is 5.02 Å². The van der Waals surface area contributed by atoms with Gasteiger partial charge in [0, 0.05) is 16.3 Å². The highest BCUT2D eigenvalue weighted by Crippen LogP contribution is 2.35. The standard InChI is InChI=1S/C25H18ClN3O3/c26-20-9-11-22(19-3-1-2-18(19)20)31-14-24(30)28-17-7-5-16(6-8-17)25-29-21-12-15(13-27)4-10-23(21)32-25/h4-12H,1-3,14H2,(H,28,30). The van der Waals surface area contributed by atoms with Gasteiger partial charge in [0.2, 0.25) is 5.89 Å². The van der Waals surface area contributed by atoms with Crippen molar-refractivity contribution in [3.8, 4) is 23.3 Å². The third-order valence-corrected chi connectivity index (χ3v) is 5.83. The maximum Gasteiger partial charge on any atom is 0.262 e. The summed E-state index contributed by atoms with van der Waals surface area (Å²) in [6.45, 7) is -0.0812. The zero-order valence-corrected chi connectivity index (χ0v) is 17.8. The SMILES string of the molecule is N#Cc1ccc2oc(-c3ccc(NC(=O)COc4ccc(Cl)c5c4CCC5)cc3)nc2c1. The molecule has 7 heteroatoms. The van der Waals surface area contributed by atoms with E-state index in [4.69, 9.17) is 26.0 Å². The molecule has 1 aliphatic rings. The molecule has 1 aromatic heterocycles. The molecule has 158 valence electrons. The number of aromatic nitrogens is 1. The molecule has 1 amide bonds. The van der Waals surface area contributed by atoms with Crippen LogP contribution in [0.15, 0.2) is 59.0 Å². The number of hydrogen-bond acceptors (Lipinski definition) is 5. The molecular formula is C25H18ClN3O3. The number of hydrogen-bond donors (Lipinski definition) is 1. The predicted molar refractivity (Wildman–Crippen MR) is 122 cm³/mol. The first-order valence-electron chi connectivity index (χ1n) is 10.2. The predicted octanol–water partition coefficient (Wildman–Crippen LogP) is 5.53. The van der Waals surface area contributed by atoms with Crippen LogP contribution in [0, 0.1) is 11.3 Å². The van der Waals surface area contributed by atoms with Crippen molar-refractivity contribution in [2.24, 2.45) is 0 Å². The molecule has 1 N–H and O–H groups in total. The van der Waals surface area contributed by atoms with Gasteiger partial charge in [-0.3, -0.25) is 4.79 Å². The van der Waals surface area contributed by atoms with Gasteiger partial charge in [-0.1, -0.05) is 11.6 Å². The van der Waals surface area contributed by atoms with Gasteiger partial charge in [0.15, 0.2) is 12.2 Å². The van der Waals surface area contributed by atoms with E-state index in [1.165, 1.54) is 0 Å². The number of carbonyl (C=O) groups excluding carboxylic acids is 1. The van der Waals surface area contributed by atoms with Crippen molar-refractivity contribution in [2.75, 3.05) is 11.9 Å². The number of nitriles is 1. The number of nitrogens with one attached hydrogen (secondary N) is 1. The van der Waals surface area contributed by atoms with Gasteiger partial charge in [-0.25, -0.2) is 4.98 Å². The van der Waals surface area contributed by atoms with Crippen molar-refractivity contribution in [1.29, 1.82) is 5.26 Å². The monoisotopic (exact) mass is 443 g/mol. The minimum absolute atomic E-state index is 0.0812.